The van der Waals surface area contributed by atoms with E-state index in [0.717, 1.165) is 29.5 Å². The van der Waals surface area contributed by atoms with Gasteiger partial charge in [-0.1, -0.05) is 24.3 Å². The van der Waals surface area contributed by atoms with Gasteiger partial charge in [-0.15, -0.1) is 0 Å². The van der Waals surface area contributed by atoms with E-state index >= 15 is 0 Å². The minimum absolute atomic E-state index is 0.0217. The van der Waals surface area contributed by atoms with Crippen molar-refractivity contribution >= 4 is 5.91 Å². The lowest BCUT2D eigenvalue weighted by atomic mass is 9.98. The van der Waals surface area contributed by atoms with Crippen LogP contribution < -0.4 is 5.32 Å². The number of rotatable bonds is 3. The fraction of sp³-hybridized carbons (Fsp3) is 0.263. The van der Waals surface area contributed by atoms with Crippen LogP contribution in [0.25, 0.3) is 11.1 Å². The Bertz CT molecular complexity index is 721. The highest BCUT2D eigenvalue weighted by Crippen LogP contribution is 2.42. The number of hydrogen-bond acceptors (Lipinski definition) is 2. The van der Waals surface area contributed by atoms with E-state index in [0.29, 0.717) is 5.92 Å². The normalized spacial score (nSPS) is 25.4. The monoisotopic (exact) mass is 290 g/mol. The Balaban J connectivity index is 1.51. The third-order valence-corrected chi connectivity index (χ3v) is 4.80. The van der Waals surface area contributed by atoms with E-state index in [9.17, 15) is 4.79 Å². The third-order valence-electron chi connectivity index (χ3n) is 4.80. The quantitative estimate of drug-likeness (QED) is 0.878. The summed E-state index contributed by atoms with van der Waals surface area (Å²) in [6.45, 7) is 0. The molecule has 1 heterocycles. The van der Waals surface area contributed by atoms with Crippen molar-refractivity contribution in [2.45, 2.75) is 24.8 Å². The van der Waals surface area contributed by atoms with Crippen LogP contribution in [0.4, 0.5) is 0 Å². The average Bonchev–Trinajstić information content (AvgIpc) is 3.16. The second-order valence-electron chi connectivity index (χ2n) is 6.29. The number of allylic oxidation sites excluding steroid dienone is 1. The molecule has 22 heavy (non-hydrogen) atoms. The summed E-state index contributed by atoms with van der Waals surface area (Å²) >= 11 is 0. The second kappa shape index (κ2) is 5.09. The summed E-state index contributed by atoms with van der Waals surface area (Å²) in [5.41, 5.74) is 2.83. The van der Waals surface area contributed by atoms with Gasteiger partial charge in [-0.3, -0.25) is 9.78 Å². The summed E-state index contributed by atoms with van der Waals surface area (Å²) in [6.07, 6.45) is 11.3. The van der Waals surface area contributed by atoms with Crippen molar-refractivity contribution < 1.29 is 4.79 Å². The molecule has 1 amide bonds. The van der Waals surface area contributed by atoms with Crippen LogP contribution in [0, 0.1) is 5.92 Å². The van der Waals surface area contributed by atoms with Crippen LogP contribution in [0.15, 0.2) is 60.9 Å². The summed E-state index contributed by atoms with van der Waals surface area (Å²) in [7, 11) is 0. The van der Waals surface area contributed by atoms with Crippen molar-refractivity contribution in [1.29, 1.82) is 0 Å². The van der Waals surface area contributed by atoms with Crippen LogP contribution in [0.2, 0.25) is 0 Å². The zero-order valence-corrected chi connectivity index (χ0v) is 12.3. The molecule has 0 spiro atoms. The van der Waals surface area contributed by atoms with E-state index < -0.39 is 0 Å². The van der Waals surface area contributed by atoms with Gasteiger partial charge in [0.25, 0.3) is 5.91 Å². The van der Waals surface area contributed by atoms with Crippen LogP contribution in [0.1, 0.15) is 29.6 Å². The van der Waals surface area contributed by atoms with Crippen molar-refractivity contribution in [2.24, 2.45) is 5.92 Å². The molecule has 1 aromatic carbocycles. The van der Waals surface area contributed by atoms with Gasteiger partial charge in [0.05, 0.1) is 5.54 Å². The number of fused-ring (bicyclic) bond motifs is 2. The van der Waals surface area contributed by atoms with E-state index in [1.165, 1.54) is 6.42 Å². The number of nitrogens with zero attached hydrogens (tertiary/aromatic N) is 1. The molecule has 110 valence electrons. The van der Waals surface area contributed by atoms with Crippen LogP contribution in [0.3, 0.4) is 0 Å². The SMILES string of the molecule is O=C(NC12C=CC(CC1)C2)c1ccc(-c2ccncc2)cc1. The van der Waals surface area contributed by atoms with E-state index in [4.69, 9.17) is 0 Å². The molecule has 1 fully saturated rings. The number of benzene rings is 1. The molecule has 1 saturated carbocycles. The molecule has 3 heteroatoms. The number of nitrogens with one attached hydrogen (secondary N) is 1. The number of pyridine rings is 1. The number of aromatic nitrogens is 1. The van der Waals surface area contributed by atoms with Crippen molar-refractivity contribution in [1.82, 2.24) is 10.3 Å². The first-order chi connectivity index (χ1) is 10.7. The Labute approximate surface area is 130 Å². The predicted octanol–water partition coefficient (Wildman–Crippen LogP) is 3.59. The minimum atomic E-state index is -0.0917. The minimum Gasteiger partial charge on any atom is -0.343 e. The number of carbonyl (C=O) groups excluding carboxylic acids is 1. The van der Waals surface area contributed by atoms with E-state index in [-0.39, 0.29) is 11.4 Å². The van der Waals surface area contributed by atoms with Crippen molar-refractivity contribution in [3.05, 3.63) is 66.5 Å². The number of carbonyl (C=O) groups is 1. The highest BCUT2D eigenvalue weighted by Gasteiger charge is 2.41. The standard InChI is InChI=1S/C19H18N2O/c22-18(21-19-9-5-14(13-19)6-10-19)17-3-1-15(2-4-17)16-7-11-20-12-8-16/h1-5,7-9,11-12,14H,6,10,13H2,(H,21,22). The summed E-state index contributed by atoms with van der Waals surface area (Å²) in [4.78, 5) is 16.5. The van der Waals surface area contributed by atoms with Crippen LogP contribution >= 0.6 is 0 Å². The van der Waals surface area contributed by atoms with Crippen LogP contribution in [0.5, 0.6) is 0 Å². The molecule has 0 aliphatic heterocycles. The highest BCUT2D eigenvalue weighted by atomic mass is 16.1. The first-order valence-electron chi connectivity index (χ1n) is 7.76. The summed E-state index contributed by atoms with van der Waals surface area (Å²) in [5.74, 6) is 0.683. The van der Waals surface area contributed by atoms with E-state index in [2.05, 4.69) is 22.5 Å². The molecule has 1 aromatic heterocycles. The molecule has 3 nitrogen and oxygen atoms in total. The first-order valence-corrected chi connectivity index (χ1v) is 7.76. The molecular weight excluding hydrogens is 272 g/mol. The van der Waals surface area contributed by atoms with Crippen LogP contribution in [-0.4, -0.2) is 16.4 Å². The largest absolute Gasteiger partial charge is 0.343 e. The van der Waals surface area contributed by atoms with Gasteiger partial charge in [0, 0.05) is 18.0 Å². The Morgan fingerprint density at radius 3 is 2.41 bits per heavy atom. The van der Waals surface area contributed by atoms with Crippen LogP contribution in [-0.2, 0) is 0 Å². The maximum Gasteiger partial charge on any atom is 0.251 e. The van der Waals surface area contributed by atoms with Gasteiger partial charge in [-0.05, 0) is 60.6 Å². The Morgan fingerprint density at radius 2 is 1.82 bits per heavy atom. The van der Waals surface area contributed by atoms with Gasteiger partial charge in [0.2, 0.25) is 0 Å². The summed E-state index contributed by atoms with van der Waals surface area (Å²) in [6, 6.07) is 11.7. The lowest BCUT2D eigenvalue weighted by Gasteiger charge is -2.25. The molecule has 2 unspecified atom stereocenters. The molecule has 2 atom stereocenters. The lowest BCUT2D eigenvalue weighted by Crippen LogP contribution is -2.43. The highest BCUT2D eigenvalue weighted by molar-refractivity contribution is 5.95. The van der Waals surface area contributed by atoms with Crippen molar-refractivity contribution in [2.75, 3.05) is 0 Å². The zero-order valence-electron chi connectivity index (χ0n) is 12.3. The molecule has 2 aliphatic rings. The maximum atomic E-state index is 12.5. The van der Waals surface area contributed by atoms with Gasteiger partial charge in [0.15, 0.2) is 0 Å². The molecule has 0 radical (unpaired) electrons. The molecule has 0 saturated heterocycles. The van der Waals surface area contributed by atoms with Gasteiger partial charge >= 0.3 is 0 Å². The smallest absolute Gasteiger partial charge is 0.251 e. The Hall–Kier alpha value is -2.42. The number of hydrogen-bond donors (Lipinski definition) is 1. The maximum absolute atomic E-state index is 12.5. The van der Waals surface area contributed by atoms with E-state index in [1.54, 1.807) is 12.4 Å². The lowest BCUT2D eigenvalue weighted by molar-refractivity contribution is 0.0919. The van der Waals surface area contributed by atoms with Crippen molar-refractivity contribution in [3.8, 4) is 11.1 Å². The summed E-state index contributed by atoms with van der Waals surface area (Å²) in [5, 5.41) is 3.22. The van der Waals surface area contributed by atoms with Gasteiger partial charge in [-0.2, -0.15) is 0 Å². The fourth-order valence-corrected chi connectivity index (χ4v) is 3.56. The molecule has 2 aliphatic carbocycles. The first kappa shape index (κ1) is 13.3. The molecular formula is C19H18N2O. The zero-order chi connectivity index (χ0) is 15.0. The summed E-state index contributed by atoms with van der Waals surface area (Å²) < 4.78 is 0. The van der Waals surface area contributed by atoms with Crippen molar-refractivity contribution in [3.63, 3.8) is 0 Å². The third kappa shape index (κ3) is 2.33. The molecule has 4 rings (SSSR count). The Kier molecular flexibility index (Phi) is 3.07. The number of amides is 1. The van der Waals surface area contributed by atoms with Gasteiger partial charge in [0.1, 0.15) is 0 Å². The molecule has 1 N–H and O–H groups in total. The average molecular weight is 290 g/mol. The fourth-order valence-electron chi connectivity index (χ4n) is 3.56. The van der Waals surface area contributed by atoms with Gasteiger partial charge in [-0.25, -0.2) is 0 Å². The van der Waals surface area contributed by atoms with E-state index in [1.807, 2.05) is 36.4 Å². The van der Waals surface area contributed by atoms with Gasteiger partial charge < -0.3 is 5.32 Å². The predicted molar refractivity (Wildman–Crippen MR) is 86.4 cm³/mol. The molecule has 2 aromatic rings. The topological polar surface area (TPSA) is 42.0 Å². The Morgan fingerprint density at radius 1 is 1.09 bits per heavy atom. The second-order valence-corrected chi connectivity index (χ2v) is 6.29. The molecule has 2 bridgehead atoms.